The largest absolute Gasteiger partial charge is 0.492 e. The third-order valence-corrected chi connectivity index (χ3v) is 7.60. The summed E-state index contributed by atoms with van der Waals surface area (Å²) in [4.78, 5) is 19.9. The number of fused-ring (bicyclic) bond motifs is 1. The van der Waals surface area contributed by atoms with Gasteiger partial charge in [0.05, 0.1) is 30.1 Å². The molecule has 0 bridgehead atoms. The Morgan fingerprint density at radius 1 is 1.21 bits per heavy atom. The van der Waals surface area contributed by atoms with Crippen LogP contribution in [0.15, 0.2) is 55.0 Å². The van der Waals surface area contributed by atoms with E-state index >= 15 is 0 Å². The lowest BCUT2D eigenvalue weighted by molar-refractivity contribution is 0.0670. The number of benzene rings is 1. The molecule has 4 aromatic rings. The summed E-state index contributed by atoms with van der Waals surface area (Å²) in [5.74, 6) is 0.863. The van der Waals surface area contributed by atoms with Gasteiger partial charge in [-0.25, -0.2) is 13.9 Å². The topological polar surface area (TPSA) is 104 Å². The van der Waals surface area contributed by atoms with Crippen LogP contribution >= 0.6 is 0 Å². The molecule has 0 atom stereocenters. The van der Waals surface area contributed by atoms with Crippen molar-refractivity contribution in [3.8, 4) is 22.9 Å². The minimum Gasteiger partial charge on any atom is -0.492 e. The number of anilines is 1. The van der Waals surface area contributed by atoms with Gasteiger partial charge in [0.25, 0.3) is 0 Å². The minimum atomic E-state index is -0.548. The van der Waals surface area contributed by atoms with E-state index in [1.54, 1.807) is 29.9 Å². The van der Waals surface area contributed by atoms with Crippen LogP contribution in [0.2, 0.25) is 0 Å². The molecule has 4 heterocycles. The number of ether oxygens (including phenoxy) is 1. The number of aliphatic hydroxyl groups excluding tert-OH is 1. The van der Waals surface area contributed by atoms with E-state index in [1.165, 1.54) is 18.3 Å². The molecular formula is C30H30FN5O3. The van der Waals surface area contributed by atoms with Gasteiger partial charge < -0.3 is 14.7 Å². The zero-order valence-corrected chi connectivity index (χ0v) is 22.0. The molecule has 0 amide bonds. The van der Waals surface area contributed by atoms with E-state index in [0.717, 1.165) is 22.5 Å². The zero-order valence-electron chi connectivity index (χ0n) is 22.0. The van der Waals surface area contributed by atoms with Gasteiger partial charge in [-0.15, -0.1) is 0 Å². The summed E-state index contributed by atoms with van der Waals surface area (Å²) in [6.45, 7) is 5.37. The molecule has 8 nitrogen and oxygen atoms in total. The highest BCUT2D eigenvalue weighted by molar-refractivity contribution is 5.97. The van der Waals surface area contributed by atoms with Crippen LogP contribution in [0.1, 0.15) is 47.7 Å². The first-order chi connectivity index (χ1) is 18.9. The van der Waals surface area contributed by atoms with Crippen molar-refractivity contribution in [2.24, 2.45) is 5.41 Å². The van der Waals surface area contributed by atoms with Crippen LogP contribution in [0.4, 0.5) is 10.2 Å². The van der Waals surface area contributed by atoms with Gasteiger partial charge in [0.15, 0.2) is 5.78 Å². The number of rotatable bonds is 8. The number of pyridine rings is 2. The summed E-state index contributed by atoms with van der Waals surface area (Å²) in [6, 6.07) is 12.2. The molecule has 0 saturated carbocycles. The number of Topliss-reactive ketones (excluding diaryl/α,β-unsaturated/α-hetero) is 1. The molecule has 1 aromatic carbocycles. The van der Waals surface area contributed by atoms with E-state index in [1.807, 2.05) is 25.1 Å². The lowest BCUT2D eigenvalue weighted by atomic mass is 9.74. The van der Waals surface area contributed by atoms with Crippen LogP contribution in [0.25, 0.3) is 16.6 Å². The molecule has 5 rings (SSSR count). The van der Waals surface area contributed by atoms with E-state index in [2.05, 4.69) is 16.1 Å². The molecule has 200 valence electrons. The molecule has 1 fully saturated rings. The van der Waals surface area contributed by atoms with E-state index < -0.39 is 11.2 Å². The molecule has 0 spiro atoms. The maximum Gasteiger partial charge on any atom is 0.163 e. The average Bonchev–Trinajstić information content (AvgIpc) is 3.37. The van der Waals surface area contributed by atoms with Gasteiger partial charge in [0, 0.05) is 54.4 Å². The fourth-order valence-corrected chi connectivity index (χ4v) is 5.31. The molecule has 1 aliphatic rings. The number of nitrogens with zero attached hydrogens (tertiary/aromatic N) is 5. The van der Waals surface area contributed by atoms with E-state index in [0.29, 0.717) is 54.9 Å². The number of nitriles is 1. The fraction of sp³-hybridized carbons (Fsp3) is 0.333. The third-order valence-electron chi connectivity index (χ3n) is 7.60. The first-order valence-corrected chi connectivity index (χ1v) is 13.0. The van der Waals surface area contributed by atoms with Crippen molar-refractivity contribution >= 4 is 17.1 Å². The number of aliphatic hydroxyl groups is 1. The van der Waals surface area contributed by atoms with Gasteiger partial charge in [-0.05, 0) is 62.6 Å². The lowest BCUT2D eigenvalue weighted by Crippen LogP contribution is -2.43. The first kappa shape index (κ1) is 26.3. The standard InChI is InChI=1S/C30H30FN5O3/c1-3-39-24-13-26(29-22(15-32)17-34-36(29)18-24)21-5-7-28(33-16-21)35-10-8-30(19-37,9-11-35)14-27(38)25-12-23(31)6-4-20(25)2/h4-7,12-13,16-18,37H,3,8-11,14,19H2,1-2H3. The minimum absolute atomic E-state index is 0.105. The number of piperidine rings is 1. The molecule has 39 heavy (non-hydrogen) atoms. The lowest BCUT2D eigenvalue weighted by Gasteiger charge is -2.41. The Morgan fingerprint density at radius 2 is 2.00 bits per heavy atom. The maximum atomic E-state index is 13.8. The number of aromatic nitrogens is 3. The van der Waals surface area contributed by atoms with Gasteiger partial charge in [-0.1, -0.05) is 6.07 Å². The van der Waals surface area contributed by atoms with Crippen LogP contribution in [0, 0.1) is 29.5 Å². The summed E-state index contributed by atoms with van der Waals surface area (Å²) in [6.07, 6.45) is 6.48. The average molecular weight is 528 g/mol. The third kappa shape index (κ3) is 5.20. The number of carbonyl (C=O) groups is 1. The Kier molecular flexibility index (Phi) is 7.31. The van der Waals surface area contributed by atoms with Crippen LogP contribution in [0.5, 0.6) is 5.75 Å². The van der Waals surface area contributed by atoms with Crippen molar-refractivity contribution in [3.63, 3.8) is 0 Å². The second-order valence-corrected chi connectivity index (χ2v) is 10.1. The van der Waals surface area contributed by atoms with Crippen molar-refractivity contribution in [1.29, 1.82) is 5.26 Å². The van der Waals surface area contributed by atoms with Crippen molar-refractivity contribution in [3.05, 3.63) is 77.5 Å². The van der Waals surface area contributed by atoms with Crippen molar-refractivity contribution in [2.45, 2.75) is 33.1 Å². The normalized spacial score (nSPS) is 14.8. The van der Waals surface area contributed by atoms with Gasteiger partial charge in [0.2, 0.25) is 0 Å². The highest BCUT2D eigenvalue weighted by Crippen LogP contribution is 2.38. The number of carbonyl (C=O) groups excluding carboxylic acids is 1. The SMILES string of the molecule is CCOc1cc(-c2ccc(N3CCC(CO)(CC(=O)c4cc(F)ccc4C)CC3)nc2)c2c(C#N)cnn2c1. The van der Waals surface area contributed by atoms with Crippen molar-refractivity contribution in [2.75, 3.05) is 31.2 Å². The van der Waals surface area contributed by atoms with E-state index in [9.17, 15) is 19.6 Å². The number of hydrogen-bond donors (Lipinski definition) is 1. The van der Waals surface area contributed by atoms with E-state index in [4.69, 9.17) is 9.72 Å². The van der Waals surface area contributed by atoms with Crippen molar-refractivity contribution in [1.82, 2.24) is 14.6 Å². The molecule has 1 saturated heterocycles. The molecule has 9 heteroatoms. The van der Waals surface area contributed by atoms with Crippen LogP contribution in [0.3, 0.4) is 0 Å². The molecule has 3 aromatic heterocycles. The van der Waals surface area contributed by atoms with Gasteiger partial charge >= 0.3 is 0 Å². The van der Waals surface area contributed by atoms with Gasteiger partial charge in [-0.3, -0.25) is 4.79 Å². The number of ketones is 1. The molecule has 0 radical (unpaired) electrons. The van der Waals surface area contributed by atoms with Crippen LogP contribution in [-0.2, 0) is 0 Å². The smallest absolute Gasteiger partial charge is 0.163 e. The second kappa shape index (κ2) is 10.8. The van der Waals surface area contributed by atoms with E-state index in [-0.39, 0.29) is 18.8 Å². The Labute approximate surface area is 226 Å². The van der Waals surface area contributed by atoms with Gasteiger partial charge in [0.1, 0.15) is 23.5 Å². The summed E-state index contributed by atoms with van der Waals surface area (Å²) in [7, 11) is 0. The molecule has 0 unspecified atom stereocenters. The molecule has 1 N–H and O–H groups in total. The Balaban J connectivity index is 1.33. The quantitative estimate of drug-likeness (QED) is 0.323. The first-order valence-electron chi connectivity index (χ1n) is 13.0. The summed E-state index contributed by atoms with van der Waals surface area (Å²) >= 11 is 0. The highest BCUT2D eigenvalue weighted by Gasteiger charge is 2.37. The zero-order chi connectivity index (χ0) is 27.6. The maximum absolute atomic E-state index is 13.8. The Bertz CT molecular complexity index is 1550. The fourth-order valence-electron chi connectivity index (χ4n) is 5.31. The summed E-state index contributed by atoms with van der Waals surface area (Å²) in [5.41, 5.74) is 3.36. The van der Waals surface area contributed by atoms with Crippen molar-refractivity contribution < 1.29 is 19.0 Å². The predicted octanol–water partition coefficient (Wildman–Crippen LogP) is 4.97. The molecule has 1 aliphatic heterocycles. The van der Waals surface area contributed by atoms with Crippen LogP contribution in [-0.4, -0.2) is 51.8 Å². The molecule has 0 aliphatic carbocycles. The number of aryl methyl sites for hydroxylation is 1. The number of halogens is 1. The van der Waals surface area contributed by atoms with Gasteiger partial charge in [-0.2, -0.15) is 10.4 Å². The predicted molar refractivity (Wildman–Crippen MR) is 145 cm³/mol. The number of hydrogen-bond acceptors (Lipinski definition) is 7. The summed E-state index contributed by atoms with van der Waals surface area (Å²) in [5, 5.41) is 24.1. The summed E-state index contributed by atoms with van der Waals surface area (Å²) < 4.78 is 21.1. The van der Waals surface area contributed by atoms with Crippen LogP contribution < -0.4 is 9.64 Å². The Morgan fingerprint density at radius 3 is 2.67 bits per heavy atom. The Hall–Kier alpha value is -4.29. The monoisotopic (exact) mass is 527 g/mol. The molecular weight excluding hydrogens is 497 g/mol. The second-order valence-electron chi connectivity index (χ2n) is 10.1. The highest BCUT2D eigenvalue weighted by atomic mass is 19.1.